The summed E-state index contributed by atoms with van der Waals surface area (Å²) < 4.78 is 10.4. The van der Waals surface area contributed by atoms with E-state index in [9.17, 15) is 0 Å². The Balaban J connectivity index is 1.82. The highest BCUT2D eigenvalue weighted by Gasteiger charge is 2.14. The molecule has 0 amide bonds. The van der Waals surface area contributed by atoms with Crippen molar-refractivity contribution < 1.29 is 9.47 Å². The lowest BCUT2D eigenvalue weighted by Gasteiger charge is -2.10. The molecule has 1 aromatic rings. The first-order chi connectivity index (χ1) is 7.38. The first-order valence-electron chi connectivity index (χ1n) is 5.34. The summed E-state index contributed by atoms with van der Waals surface area (Å²) in [6.45, 7) is 2.80. The van der Waals surface area contributed by atoms with E-state index in [1.165, 1.54) is 6.42 Å². The Morgan fingerprint density at radius 3 is 2.80 bits per heavy atom. The van der Waals surface area contributed by atoms with Crippen molar-refractivity contribution in [2.75, 3.05) is 32.2 Å². The van der Waals surface area contributed by atoms with Crippen LogP contribution in [0.5, 0.6) is 5.75 Å². The van der Waals surface area contributed by atoms with Gasteiger partial charge in [-0.1, -0.05) is 0 Å². The summed E-state index contributed by atoms with van der Waals surface area (Å²) in [5, 5.41) is 3.40. The lowest BCUT2D eigenvalue weighted by Crippen LogP contribution is -2.13. The zero-order valence-electron chi connectivity index (χ0n) is 9.03. The topological polar surface area (TPSA) is 30.5 Å². The summed E-state index contributed by atoms with van der Waals surface area (Å²) in [6, 6.07) is 8.00. The number of hydrogen-bond donors (Lipinski definition) is 1. The molecule has 1 aliphatic rings. The molecule has 1 heterocycles. The van der Waals surface area contributed by atoms with Crippen LogP contribution >= 0.6 is 0 Å². The van der Waals surface area contributed by atoms with Crippen LogP contribution in [0.1, 0.15) is 6.42 Å². The van der Waals surface area contributed by atoms with E-state index in [-0.39, 0.29) is 0 Å². The van der Waals surface area contributed by atoms with E-state index >= 15 is 0 Å². The number of methoxy groups -OCH3 is 1. The molecule has 1 aliphatic heterocycles. The smallest absolute Gasteiger partial charge is 0.119 e. The molecule has 0 aliphatic carbocycles. The Labute approximate surface area is 90.4 Å². The third-order valence-electron chi connectivity index (χ3n) is 2.71. The van der Waals surface area contributed by atoms with Crippen LogP contribution in [0.3, 0.4) is 0 Å². The predicted molar refractivity (Wildman–Crippen MR) is 60.4 cm³/mol. The normalized spacial score (nSPS) is 20.2. The largest absolute Gasteiger partial charge is 0.497 e. The van der Waals surface area contributed by atoms with E-state index in [0.717, 1.165) is 31.2 Å². The van der Waals surface area contributed by atoms with Gasteiger partial charge in [0.2, 0.25) is 0 Å². The number of anilines is 1. The van der Waals surface area contributed by atoms with Gasteiger partial charge in [0.1, 0.15) is 5.75 Å². The summed E-state index contributed by atoms with van der Waals surface area (Å²) in [5.41, 5.74) is 1.14. The molecule has 1 aromatic carbocycles. The molecule has 0 spiro atoms. The third kappa shape index (κ3) is 2.86. The fourth-order valence-corrected chi connectivity index (χ4v) is 1.72. The molecule has 15 heavy (non-hydrogen) atoms. The van der Waals surface area contributed by atoms with Gasteiger partial charge < -0.3 is 14.8 Å². The lowest BCUT2D eigenvalue weighted by molar-refractivity contribution is 0.187. The highest BCUT2D eigenvalue weighted by atomic mass is 16.5. The van der Waals surface area contributed by atoms with Gasteiger partial charge in [-0.05, 0) is 30.7 Å². The molecule has 82 valence electrons. The van der Waals surface area contributed by atoms with Crippen molar-refractivity contribution in [3.05, 3.63) is 24.3 Å². The summed E-state index contributed by atoms with van der Waals surface area (Å²) in [4.78, 5) is 0. The molecular formula is C12H17NO2. The molecule has 0 aromatic heterocycles. The average molecular weight is 207 g/mol. The summed E-state index contributed by atoms with van der Waals surface area (Å²) in [5.74, 6) is 1.55. The summed E-state index contributed by atoms with van der Waals surface area (Å²) in [6.07, 6.45) is 1.17. The highest BCUT2D eigenvalue weighted by molar-refractivity contribution is 5.46. The first kappa shape index (κ1) is 10.3. The van der Waals surface area contributed by atoms with Gasteiger partial charge in [0.05, 0.1) is 13.7 Å². The van der Waals surface area contributed by atoms with Crippen molar-refractivity contribution >= 4 is 5.69 Å². The van der Waals surface area contributed by atoms with Crippen LogP contribution < -0.4 is 10.1 Å². The maximum atomic E-state index is 5.32. The third-order valence-corrected chi connectivity index (χ3v) is 2.71. The Bertz CT molecular complexity index is 291. The van der Waals surface area contributed by atoms with Crippen molar-refractivity contribution in [3.63, 3.8) is 0 Å². The monoisotopic (exact) mass is 207 g/mol. The standard InChI is InChI=1S/C12H17NO2/c1-14-12-4-2-11(3-5-12)13-8-10-6-7-15-9-10/h2-5,10,13H,6-9H2,1H3/t10-/m0/s1. The fraction of sp³-hybridized carbons (Fsp3) is 0.500. The Morgan fingerprint density at radius 1 is 1.40 bits per heavy atom. The van der Waals surface area contributed by atoms with E-state index in [1.807, 2.05) is 24.3 Å². The molecule has 1 atom stereocenters. The van der Waals surface area contributed by atoms with Crippen molar-refractivity contribution in [3.8, 4) is 5.75 Å². The Hall–Kier alpha value is -1.22. The summed E-state index contributed by atoms with van der Waals surface area (Å²) in [7, 11) is 1.68. The van der Waals surface area contributed by atoms with Crippen molar-refractivity contribution in [2.45, 2.75) is 6.42 Å². The molecule has 1 fully saturated rings. The van der Waals surface area contributed by atoms with Gasteiger partial charge in [0, 0.05) is 24.8 Å². The van der Waals surface area contributed by atoms with E-state index in [2.05, 4.69) is 5.32 Å². The molecule has 0 saturated carbocycles. The van der Waals surface area contributed by atoms with Crippen LogP contribution in [-0.4, -0.2) is 26.9 Å². The minimum Gasteiger partial charge on any atom is -0.497 e. The van der Waals surface area contributed by atoms with Gasteiger partial charge in [-0.25, -0.2) is 0 Å². The highest BCUT2D eigenvalue weighted by Crippen LogP contribution is 2.17. The molecule has 0 bridgehead atoms. The molecule has 2 rings (SSSR count). The predicted octanol–water partition coefficient (Wildman–Crippen LogP) is 2.14. The van der Waals surface area contributed by atoms with Crippen LogP contribution in [0.25, 0.3) is 0 Å². The van der Waals surface area contributed by atoms with Crippen LogP contribution in [-0.2, 0) is 4.74 Å². The molecule has 0 unspecified atom stereocenters. The number of benzene rings is 1. The van der Waals surface area contributed by atoms with E-state index < -0.39 is 0 Å². The van der Waals surface area contributed by atoms with Gasteiger partial charge in [-0.2, -0.15) is 0 Å². The zero-order chi connectivity index (χ0) is 10.5. The average Bonchev–Trinajstić information content (AvgIpc) is 2.80. The summed E-state index contributed by atoms with van der Waals surface area (Å²) >= 11 is 0. The van der Waals surface area contributed by atoms with Gasteiger partial charge in [-0.3, -0.25) is 0 Å². The van der Waals surface area contributed by atoms with Gasteiger partial charge in [0.15, 0.2) is 0 Å². The maximum absolute atomic E-state index is 5.32. The Kier molecular flexibility index (Phi) is 3.45. The minimum atomic E-state index is 0.659. The molecule has 3 nitrogen and oxygen atoms in total. The lowest BCUT2D eigenvalue weighted by atomic mass is 10.1. The van der Waals surface area contributed by atoms with Crippen LogP contribution in [0.15, 0.2) is 24.3 Å². The zero-order valence-corrected chi connectivity index (χ0v) is 9.03. The van der Waals surface area contributed by atoms with Gasteiger partial charge in [-0.15, -0.1) is 0 Å². The van der Waals surface area contributed by atoms with E-state index in [1.54, 1.807) is 7.11 Å². The van der Waals surface area contributed by atoms with Crippen LogP contribution in [0.2, 0.25) is 0 Å². The molecule has 1 N–H and O–H groups in total. The SMILES string of the molecule is COc1ccc(NC[C@@H]2CCOC2)cc1. The maximum Gasteiger partial charge on any atom is 0.119 e. The van der Waals surface area contributed by atoms with E-state index in [4.69, 9.17) is 9.47 Å². The van der Waals surface area contributed by atoms with Crippen molar-refractivity contribution in [2.24, 2.45) is 5.92 Å². The number of rotatable bonds is 4. The quantitative estimate of drug-likeness (QED) is 0.820. The molecule has 3 heteroatoms. The Morgan fingerprint density at radius 2 is 2.20 bits per heavy atom. The fourth-order valence-electron chi connectivity index (χ4n) is 1.72. The number of nitrogens with one attached hydrogen (secondary N) is 1. The minimum absolute atomic E-state index is 0.659. The second-order valence-electron chi connectivity index (χ2n) is 3.84. The molecule has 1 saturated heterocycles. The second-order valence-corrected chi connectivity index (χ2v) is 3.84. The van der Waals surface area contributed by atoms with Crippen molar-refractivity contribution in [1.29, 1.82) is 0 Å². The second kappa shape index (κ2) is 5.03. The van der Waals surface area contributed by atoms with Gasteiger partial charge >= 0.3 is 0 Å². The van der Waals surface area contributed by atoms with Crippen LogP contribution in [0, 0.1) is 5.92 Å². The van der Waals surface area contributed by atoms with Crippen molar-refractivity contribution in [1.82, 2.24) is 0 Å². The van der Waals surface area contributed by atoms with Gasteiger partial charge in [0.25, 0.3) is 0 Å². The number of ether oxygens (including phenoxy) is 2. The van der Waals surface area contributed by atoms with E-state index in [0.29, 0.717) is 5.92 Å². The molecule has 0 radical (unpaired) electrons. The number of hydrogen-bond acceptors (Lipinski definition) is 3. The van der Waals surface area contributed by atoms with Crippen LogP contribution in [0.4, 0.5) is 5.69 Å². The first-order valence-corrected chi connectivity index (χ1v) is 5.34. The molecular weight excluding hydrogens is 190 g/mol.